The molecule has 0 aliphatic heterocycles. The number of benzene rings is 2. The number of nitrogens with zero attached hydrogens (tertiary/aromatic N) is 2. The molecule has 24 heavy (non-hydrogen) atoms. The van der Waals surface area contributed by atoms with Gasteiger partial charge in [-0.25, -0.2) is 4.98 Å². The van der Waals surface area contributed by atoms with E-state index in [9.17, 15) is 4.79 Å². The smallest absolute Gasteiger partial charge is 0.255 e. The lowest BCUT2D eigenvalue weighted by molar-refractivity contribution is 0.102. The number of aromatic nitrogens is 2. The van der Waals surface area contributed by atoms with Gasteiger partial charge in [0.15, 0.2) is 4.96 Å². The van der Waals surface area contributed by atoms with Crippen molar-refractivity contribution in [2.45, 2.75) is 6.92 Å². The first-order valence-electron chi connectivity index (χ1n) is 7.60. The van der Waals surface area contributed by atoms with Gasteiger partial charge in [0.25, 0.3) is 5.91 Å². The van der Waals surface area contributed by atoms with Crippen LogP contribution in [0.15, 0.2) is 66.3 Å². The first kappa shape index (κ1) is 14.7. The molecule has 0 fully saturated rings. The molecule has 0 unspecified atom stereocenters. The van der Waals surface area contributed by atoms with Crippen molar-refractivity contribution in [1.82, 2.24) is 9.38 Å². The highest BCUT2D eigenvalue weighted by Crippen LogP contribution is 2.24. The monoisotopic (exact) mass is 333 g/mol. The van der Waals surface area contributed by atoms with Crippen LogP contribution in [0.3, 0.4) is 0 Å². The molecule has 1 amide bonds. The van der Waals surface area contributed by atoms with Crippen molar-refractivity contribution in [2.24, 2.45) is 0 Å². The number of nitrogens with one attached hydrogen (secondary N) is 1. The number of thiazole rings is 1. The Bertz CT molecular complexity index is 1000. The van der Waals surface area contributed by atoms with E-state index in [-0.39, 0.29) is 5.91 Å². The molecule has 0 bridgehead atoms. The highest BCUT2D eigenvalue weighted by Gasteiger charge is 2.09. The van der Waals surface area contributed by atoms with Gasteiger partial charge >= 0.3 is 0 Å². The Kier molecular flexibility index (Phi) is 3.63. The summed E-state index contributed by atoms with van der Waals surface area (Å²) < 4.78 is 2.00. The van der Waals surface area contributed by atoms with Crippen LogP contribution in [0.1, 0.15) is 15.9 Å². The highest BCUT2D eigenvalue weighted by atomic mass is 32.1. The first-order chi connectivity index (χ1) is 11.7. The number of aryl methyl sites for hydroxylation is 1. The van der Waals surface area contributed by atoms with Crippen LogP contribution in [0.4, 0.5) is 5.69 Å². The highest BCUT2D eigenvalue weighted by molar-refractivity contribution is 7.15. The van der Waals surface area contributed by atoms with Gasteiger partial charge in [-0.15, -0.1) is 11.3 Å². The van der Waals surface area contributed by atoms with Crippen molar-refractivity contribution in [3.8, 4) is 11.3 Å². The Morgan fingerprint density at radius 2 is 2.04 bits per heavy atom. The standard InChI is InChI=1S/C19H15N3OS/c1-13-4-2-6-15(10-13)18(23)20-16-7-3-5-14(11-16)17-12-22-8-9-24-19(22)21-17/h2-12H,1H3,(H,20,23). The van der Waals surface area contributed by atoms with E-state index in [4.69, 9.17) is 0 Å². The molecule has 0 aliphatic carbocycles. The molecule has 0 spiro atoms. The van der Waals surface area contributed by atoms with Gasteiger partial charge < -0.3 is 5.32 Å². The largest absolute Gasteiger partial charge is 0.322 e. The van der Waals surface area contributed by atoms with E-state index in [0.29, 0.717) is 5.56 Å². The maximum absolute atomic E-state index is 12.4. The molecule has 0 saturated carbocycles. The minimum Gasteiger partial charge on any atom is -0.322 e. The summed E-state index contributed by atoms with van der Waals surface area (Å²) in [6, 6.07) is 15.3. The summed E-state index contributed by atoms with van der Waals surface area (Å²) in [6.07, 6.45) is 3.98. The zero-order valence-corrected chi connectivity index (χ0v) is 13.9. The molecule has 2 aromatic heterocycles. The van der Waals surface area contributed by atoms with E-state index < -0.39 is 0 Å². The van der Waals surface area contributed by atoms with Crippen molar-refractivity contribution >= 4 is 27.9 Å². The van der Waals surface area contributed by atoms with Crippen LogP contribution in [0, 0.1) is 6.92 Å². The molecular weight excluding hydrogens is 318 g/mol. The summed E-state index contributed by atoms with van der Waals surface area (Å²) >= 11 is 1.60. The molecule has 2 aromatic carbocycles. The lowest BCUT2D eigenvalue weighted by Crippen LogP contribution is -2.11. The predicted molar refractivity (Wildman–Crippen MR) is 97.6 cm³/mol. The molecule has 4 rings (SSSR count). The van der Waals surface area contributed by atoms with Crippen LogP contribution < -0.4 is 5.32 Å². The summed E-state index contributed by atoms with van der Waals surface area (Å²) in [6.45, 7) is 1.97. The molecule has 0 radical (unpaired) electrons. The maximum Gasteiger partial charge on any atom is 0.255 e. The number of hydrogen-bond donors (Lipinski definition) is 1. The molecule has 5 heteroatoms. The quantitative estimate of drug-likeness (QED) is 0.594. The van der Waals surface area contributed by atoms with Crippen molar-refractivity contribution in [2.75, 3.05) is 5.32 Å². The Balaban J connectivity index is 1.60. The SMILES string of the molecule is Cc1cccc(C(=O)Nc2cccc(-c3cn4ccsc4n3)c2)c1. The summed E-state index contributed by atoms with van der Waals surface area (Å²) in [5.74, 6) is -0.110. The second kappa shape index (κ2) is 5.94. The summed E-state index contributed by atoms with van der Waals surface area (Å²) in [4.78, 5) is 17.9. The van der Waals surface area contributed by atoms with Gasteiger partial charge in [0.1, 0.15) is 0 Å². The van der Waals surface area contributed by atoms with Gasteiger partial charge in [0.05, 0.1) is 5.69 Å². The third-order valence-corrected chi connectivity index (χ3v) is 4.56. The topological polar surface area (TPSA) is 46.4 Å². The number of carbonyl (C=O) groups is 1. The number of fused-ring (bicyclic) bond motifs is 1. The Hall–Kier alpha value is -2.92. The fourth-order valence-corrected chi connectivity index (χ4v) is 3.31. The zero-order chi connectivity index (χ0) is 16.5. The lowest BCUT2D eigenvalue weighted by Gasteiger charge is -2.07. The number of hydrogen-bond acceptors (Lipinski definition) is 3. The second-order valence-electron chi connectivity index (χ2n) is 5.62. The van der Waals surface area contributed by atoms with Crippen LogP contribution in [0.5, 0.6) is 0 Å². The first-order valence-corrected chi connectivity index (χ1v) is 8.48. The second-order valence-corrected chi connectivity index (χ2v) is 6.50. The molecule has 118 valence electrons. The lowest BCUT2D eigenvalue weighted by atomic mass is 10.1. The van der Waals surface area contributed by atoms with Crippen LogP contribution in [-0.2, 0) is 0 Å². The van der Waals surface area contributed by atoms with E-state index >= 15 is 0 Å². The summed E-state index contributed by atoms with van der Waals surface area (Å²) in [5, 5.41) is 4.96. The maximum atomic E-state index is 12.4. The van der Waals surface area contributed by atoms with Crippen LogP contribution in [-0.4, -0.2) is 15.3 Å². The number of imidazole rings is 1. The van der Waals surface area contributed by atoms with Crippen molar-refractivity contribution in [1.29, 1.82) is 0 Å². The molecule has 0 aliphatic rings. The number of amides is 1. The Morgan fingerprint density at radius 3 is 2.88 bits per heavy atom. The average Bonchev–Trinajstić information content (AvgIpc) is 3.17. The van der Waals surface area contributed by atoms with Gasteiger partial charge in [-0.1, -0.05) is 29.8 Å². The normalized spacial score (nSPS) is 10.9. The predicted octanol–water partition coefficient (Wildman–Crippen LogP) is 4.62. The number of anilines is 1. The van der Waals surface area contributed by atoms with Gasteiger partial charge in [0.2, 0.25) is 0 Å². The van der Waals surface area contributed by atoms with E-state index in [2.05, 4.69) is 10.3 Å². The molecule has 0 saturated heterocycles. The Morgan fingerprint density at radius 1 is 1.17 bits per heavy atom. The molecule has 2 heterocycles. The minimum absolute atomic E-state index is 0.110. The summed E-state index contributed by atoms with van der Waals surface area (Å²) in [7, 11) is 0. The molecule has 4 aromatic rings. The van der Waals surface area contributed by atoms with Crippen LogP contribution in [0.25, 0.3) is 16.2 Å². The van der Waals surface area contributed by atoms with Crippen molar-refractivity contribution in [3.05, 3.63) is 77.4 Å². The third kappa shape index (κ3) is 2.81. The molecule has 1 N–H and O–H groups in total. The van der Waals surface area contributed by atoms with E-state index in [0.717, 1.165) is 27.5 Å². The van der Waals surface area contributed by atoms with E-state index in [1.807, 2.05) is 77.6 Å². The number of carbonyl (C=O) groups excluding carboxylic acids is 1. The molecule has 0 atom stereocenters. The van der Waals surface area contributed by atoms with Gasteiger partial charge in [-0.3, -0.25) is 9.20 Å². The van der Waals surface area contributed by atoms with E-state index in [1.165, 1.54) is 0 Å². The Labute approximate surface area is 143 Å². The van der Waals surface area contributed by atoms with Crippen LogP contribution >= 0.6 is 11.3 Å². The van der Waals surface area contributed by atoms with Crippen molar-refractivity contribution < 1.29 is 4.79 Å². The van der Waals surface area contributed by atoms with Crippen molar-refractivity contribution in [3.63, 3.8) is 0 Å². The third-order valence-electron chi connectivity index (χ3n) is 3.79. The number of rotatable bonds is 3. The van der Waals surface area contributed by atoms with Crippen LogP contribution in [0.2, 0.25) is 0 Å². The van der Waals surface area contributed by atoms with Gasteiger partial charge in [-0.05, 0) is 31.2 Å². The van der Waals surface area contributed by atoms with Gasteiger partial charge in [-0.2, -0.15) is 0 Å². The fraction of sp³-hybridized carbons (Fsp3) is 0.0526. The average molecular weight is 333 g/mol. The van der Waals surface area contributed by atoms with Gasteiger partial charge in [0, 0.05) is 34.6 Å². The fourth-order valence-electron chi connectivity index (χ4n) is 2.61. The van der Waals surface area contributed by atoms with E-state index in [1.54, 1.807) is 11.3 Å². The molecule has 4 nitrogen and oxygen atoms in total. The minimum atomic E-state index is -0.110. The zero-order valence-electron chi connectivity index (χ0n) is 13.1. The summed E-state index contributed by atoms with van der Waals surface area (Å²) in [5.41, 5.74) is 4.36. The molecular formula is C19H15N3OS.